The number of aliphatic hydroxyl groups excluding tert-OH is 1. The minimum atomic E-state index is -0.470. The molecule has 0 unspecified atom stereocenters. The van der Waals surface area contributed by atoms with Crippen molar-refractivity contribution in [1.29, 1.82) is 0 Å². The Morgan fingerprint density at radius 1 is 1.10 bits per heavy atom. The maximum Gasteiger partial charge on any atom is 0.161 e. The van der Waals surface area contributed by atoms with Gasteiger partial charge in [0.05, 0.1) is 20.3 Å². The molecule has 0 heterocycles. The topological polar surface area (TPSA) is 64.7 Å². The zero-order chi connectivity index (χ0) is 21.8. The van der Waals surface area contributed by atoms with Crippen molar-refractivity contribution in [1.82, 2.24) is 0 Å². The molecule has 172 valence electrons. The summed E-state index contributed by atoms with van der Waals surface area (Å²) in [7, 11) is 1.69. The van der Waals surface area contributed by atoms with Crippen LogP contribution in [-0.2, 0) is 6.42 Å². The molecule has 0 saturated heterocycles. The molecule has 1 saturated carbocycles. The smallest absolute Gasteiger partial charge is 0.161 e. The Bertz CT molecular complexity index is 600. The number of nitrogens with two attached hydrogens (primary N) is 1. The molecule has 30 heavy (non-hydrogen) atoms. The van der Waals surface area contributed by atoms with E-state index in [1.807, 2.05) is 6.07 Å². The number of aryl methyl sites for hydroxylation is 1. The summed E-state index contributed by atoms with van der Waals surface area (Å²) in [6, 6.07) is 6.17. The van der Waals surface area contributed by atoms with Gasteiger partial charge in [-0.05, 0) is 55.2 Å². The zero-order valence-electron chi connectivity index (χ0n) is 19.6. The van der Waals surface area contributed by atoms with Crippen LogP contribution in [0.3, 0.4) is 0 Å². The van der Waals surface area contributed by atoms with Crippen LogP contribution >= 0.6 is 0 Å². The summed E-state index contributed by atoms with van der Waals surface area (Å²) in [5.74, 6) is 3.12. The molecule has 0 radical (unpaired) electrons. The predicted octanol–water partition coefficient (Wildman–Crippen LogP) is 5.88. The molecule has 1 atom stereocenters. The van der Waals surface area contributed by atoms with Crippen LogP contribution in [0.1, 0.15) is 90.0 Å². The molecule has 0 amide bonds. The number of hydrogen-bond acceptors (Lipinski definition) is 4. The molecular formula is C26H45NO3. The molecule has 1 aromatic rings. The number of benzene rings is 1. The van der Waals surface area contributed by atoms with E-state index in [0.717, 1.165) is 49.7 Å². The molecule has 4 nitrogen and oxygen atoms in total. The Morgan fingerprint density at radius 3 is 2.47 bits per heavy atom. The van der Waals surface area contributed by atoms with Gasteiger partial charge in [0.2, 0.25) is 0 Å². The minimum Gasteiger partial charge on any atom is -0.493 e. The van der Waals surface area contributed by atoms with Gasteiger partial charge < -0.3 is 20.3 Å². The van der Waals surface area contributed by atoms with Crippen LogP contribution in [0, 0.1) is 11.8 Å². The van der Waals surface area contributed by atoms with Gasteiger partial charge in [-0.15, -0.1) is 0 Å². The molecule has 1 aliphatic carbocycles. The molecule has 1 aromatic carbocycles. The zero-order valence-corrected chi connectivity index (χ0v) is 19.6. The number of ether oxygens (including phenoxy) is 2. The van der Waals surface area contributed by atoms with Crippen molar-refractivity contribution in [3.63, 3.8) is 0 Å². The van der Waals surface area contributed by atoms with E-state index in [1.165, 1.54) is 56.9 Å². The van der Waals surface area contributed by atoms with Gasteiger partial charge in [0.15, 0.2) is 11.5 Å². The van der Waals surface area contributed by atoms with Gasteiger partial charge in [-0.3, -0.25) is 0 Å². The number of aliphatic hydroxyl groups is 1. The second-order valence-corrected chi connectivity index (χ2v) is 9.81. The fraction of sp³-hybridized carbons (Fsp3) is 0.769. The Kier molecular flexibility index (Phi) is 11.0. The van der Waals surface area contributed by atoms with Gasteiger partial charge in [0, 0.05) is 5.54 Å². The van der Waals surface area contributed by atoms with Crippen LogP contribution in [0.25, 0.3) is 0 Å². The number of hydrogen-bond donors (Lipinski definition) is 2. The maximum absolute atomic E-state index is 9.82. The summed E-state index contributed by atoms with van der Waals surface area (Å²) in [6.07, 6.45) is 14.0. The number of rotatable bonds is 16. The van der Waals surface area contributed by atoms with Gasteiger partial charge in [0.25, 0.3) is 0 Å². The van der Waals surface area contributed by atoms with Crippen LogP contribution in [0.5, 0.6) is 11.5 Å². The number of methoxy groups -OCH3 is 1. The van der Waals surface area contributed by atoms with Crippen molar-refractivity contribution in [2.75, 3.05) is 20.3 Å². The third kappa shape index (κ3) is 8.85. The quantitative estimate of drug-likeness (QED) is 0.328. The van der Waals surface area contributed by atoms with Crippen molar-refractivity contribution >= 4 is 0 Å². The lowest BCUT2D eigenvalue weighted by atomic mass is 9.75. The average molecular weight is 420 g/mol. The van der Waals surface area contributed by atoms with Crippen LogP contribution in [-0.4, -0.2) is 31.0 Å². The van der Waals surface area contributed by atoms with E-state index in [1.54, 1.807) is 7.11 Å². The Hall–Kier alpha value is -1.26. The SMILES string of the molecule is COc1cc(CC[C@@](N)(CO)CC2CCC2)ccc1OCCCCCCCC(C)C. The van der Waals surface area contributed by atoms with E-state index in [0.29, 0.717) is 5.92 Å². The lowest BCUT2D eigenvalue weighted by Gasteiger charge is -2.35. The first-order valence-corrected chi connectivity index (χ1v) is 12.2. The molecule has 2 rings (SSSR count). The standard InChI is InChI=1S/C26H45NO3/c1-21(2)10-7-5-4-6-8-17-30-24-14-13-22(18-25(24)29-3)15-16-26(27,20-28)19-23-11-9-12-23/h13-14,18,21,23,28H,4-12,15-17,19-20,27H2,1-3H3/t26-/m0/s1. The van der Waals surface area contributed by atoms with Crippen LogP contribution in [0.2, 0.25) is 0 Å². The molecule has 0 aliphatic heterocycles. The fourth-order valence-corrected chi connectivity index (χ4v) is 4.26. The summed E-state index contributed by atoms with van der Waals surface area (Å²) in [4.78, 5) is 0. The lowest BCUT2D eigenvalue weighted by molar-refractivity contribution is 0.135. The van der Waals surface area contributed by atoms with Gasteiger partial charge in [0.1, 0.15) is 0 Å². The van der Waals surface area contributed by atoms with Crippen LogP contribution < -0.4 is 15.2 Å². The maximum atomic E-state index is 9.82. The predicted molar refractivity (Wildman–Crippen MR) is 125 cm³/mol. The van der Waals surface area contributed by atoms with E-state index in [-0.39, 0.29) is 6.61 Å². The Balaban J connectivity index is 1.73. The van der Waals surface area contributed by atoms with E-state index in [4.69, 9.17) is 15.2 Å². The average Bonchev–Trinajstić information content (AvgIpc) is 2.71. The summed E-state index contributed by atoms with van der Waals surface area (Å²) in [6.45, 7) is 5.37. The summed E-state index contributed by atoms with van der Waals surface area (Å²) >= 11 is 0. The Morgan fingerprint density at radius 2 is 1.83 bits per heavy atom. The highest BCUT2D eigenvalue weighted by Crippen LogP contribution is 2.35. The van der Waals surface area contributed by atoms with E-state index in [9.17, 15) is 5.11 Å². The van der Waals surface area contributed by atoms with Crippen molar-refractivity contribution in [3.05, 3.63) is 23.8 Å². The van der Waals surface area contributed by atoms with E-state index in [2.05, 4.69) is 26.0 Å². The molecular weight excluding hydrogens is 374 g/mol. The normalized spacial score (nSPS) is 16.3. The highest BCUT2D eigenvalue weighted by Gasteiger charge is 2.30. The van der Waals surface area contributed by atoms with Crippen molar-refractivity contribution in [2.24, 2.45) is 17.6 Å². The monoisotopic (exact) mass is 419 g/mol. The summed E-state index contributed by atoms with van der Waals surface area (Å²) in [5, 5.41) is 9.82. The molecule has 1 aliphatic rings. The van der Waals surface area contributed by atoms with E-state index >= 15 is 0 Å². The van der Waals surface area contributed by atoms with Gasteiger partial charge in [-0.25, -0.2) is 0 Å². The van der Waals surface area contributed by atoms with Crippen molar-refractivity contribution in [2.45, 2.75) is 96.4 Å². The van der Waals surface area contributed by atoms with Gasteiger partial charge in [-0.2, -0.15) is 0 Å². The first-order chi connectivity index (χ1) is 14.5. The van der Waals surface area contributed by atoms with Crippen LogP contribution in [0.4, 0.5) is 0 Å². The lowest BCUT2D eigenvalue weighted by Crippen LogP contribution is -2.46. The molecule has 0 bridgehead atoms. The van der Waals surface area contributed by atoms with Gasteiger partial charge in [-0.1, -0.05) is 71.3 Å². The third-order valence-corrected chi connectivity index (χ3v) is 6.56. The van der Waals surface area contributed by atoms with Gasteiger partial charge >= 0.3 is 0 Å². The molecule has 0 aromatic heterocycles. The van der Waals surface area contributed by atoms with Crippen molar-refractivity contribution < 1.29 is 14.6 Å². The highest BCUT2D eigenvalue weighted by atomic mass is 16.5. The summed E-state index contributed by atoms with van der Waals surface area (Å²) in [5.41, 5.74) is 7.20. The second kappa shape index (κ2) is 13.2. The van der Waals surface area contributed by atoms with Crippen LogP contribution in [0.15, 0.2) is 18.2 Å². The third-order valence-electron chi connectivity index (χ3n) is 6.56. The first kappa shape index (κ1) is 25.0. The minimum absolute atomic E-state index is 0.0549. The molecule has 1 fully saturated rings. The second-order valence-electron chi connectivity index (χ2n) is 9.81. The molecule has 0 spiro atoms. The first-order valence-electron chi connectivity index (χ1n) is 12.2. The van der Waals surface area contributed by atoms with Crippen molar-refractivity contribution in [3.8, 4) is 11.5 Å². The summed E-state index contributed by atoms with van der Waals surface area (Å²) < 4.78 is 11.5. The molecule has 3 N–H and O–H groups in total. The van der Waals surface area contributed by atoms with E-state index < -0.39 is 5.54 Å². The number of unbranched alkanes of at least 4 members (excludes halogenated alkanes) is 4. The highest BCUT2D eigenvalue weighted by molar-refractivity contribution is 5.43. The molecule has 4 heteroatoms. The largest absolute Gasteiger partial charge is 0.493 e. The Labute approximate surface area is 184 Å². The fourth-order valence-electron chi connectivity index (χ4n) is 4.26.